The Labute approximate surface area is 94.8 Å². The van der Waals surface area contributed by atoms with Gasteiger partial charge in [0.25, 0.3) is 6.43 Å². The van der Waals surface area contributed by atoms with Crippen molar-refractivity contribution >= 4 is 28.3 Å². The van der Waals surface area contributed by atoms with Crippen LogP contribution in [0.3, 0.4) is 0 Å². The van der Waals surface area contributed by atoms with Gasteiger partial charge in [0.2, 0.25) is 0 Å². The van der Waals surface area contributed by atoms with E-state index in [4.69, 9.17) is 5.73 Å². The lowest BCUT2D eigenvalue weighted by Crippen LogP contribution is -2.12. The lowest BCUT2D eigenvalue weighted by atomic mass is 10.2. The van der Waals surface area contributed by atoms with Crippen LogP contribution in [0.2, 0.25) is 0 Å². The fourth-order valence-electron chi connectivity index (χ4n) is 0.859. The number of alkyl halides is 5. The first-order valence-electron chi connectivity index (χ1n) is 3.54. The van der Waals surface area contributed by atoms with Crippen molar-refractivity contribution in [2.24, 2.45) is 0 Å². The molecule has 0 aromatic carbocycles. The predicted octanol–water partition coefficient (Wildman–Crippen LogP) is 3.22. The molecule has 1 aromatic heterocycles. The predicted molar refractivity (Wildman–Crippen MR) is 51.3 cm³/mol. The van der Waals surface area contributed by atoms with Gasteiger partial charge < -0.3 is 5.73 Å². The maximum atomic E-state index is 12.3. The van der Waals surface area contributed by atoms with Gasteiger partial charge in [0, 0.05) is 5.69 Å². The summed E-state index contributed by atoms with van der Waals surface area (Å²) in [5, 5.41) is 0. The zero-order valence-corrected chi connectivity index (χ0v) is 9.10. The molecule has 0 aliphatic heterocycles. The van der Waals surface area contributed by atoms with Crippen molar-refractivity contribution in [1.29, 1.82) is 0 Å². The van der Waals surface area contributed by atoms with Crippen molar-refractivity contribution in [3.05, 3.63) is 21.0 Å². The minimum absolute atomic E-state index is 0.157. The molecular formula is C7H4F5IN2. The van der Waals surface area contributed by atoms with E-state index in [9.17, 15) is 22.0 Å². The molecule has 0 amide bonds. The van der Waals surface area contributed by atoms with E-state index in [2.05, 4.69) is 4.98 Å². The van der Waals surface area contributed by atoms with Gasteiger partial charge in [0.1, 0.15) is 11.4 Å². The van der Waals surface area contributed by atoms with Gasteiger partial charge in [-0.25, -0.2) is 13.8 Å². The number of nitrogens with two attached hydrogens (primary N) is 1. The van der Waals surface area contributed by atoms with E-state index in [0.29, 0.717) is 6.07 Å². The summed E-state index contributed by atoms with van der Waals surface area (Å²) in [5.74, 6) is 0. The van der Waals surface area contributed by atoms with Gasteiger partial charge in [0.05, 0.1) is 3.57 Å². The minimum atomic E-state index is -4.78. The van der Waals surface area contributed by atoms with Crippen molar-refractivity contribution in [1.82, 2.24) is 4.98 Å². The first kappa shape index (κ1) is 12.4. The van der Waals surface area contributed by atoms with Crippen LogP contribution in [0.1, 0.15) is 17.8 Å². The topological polar surface area (TPSA) is 38.9 Å². The molecule has 0 saturated carbocycles. The first-order valence-corrected chi connectivity index (χ1v) is 4.62. The molecule has 0 radical (unpaired) electrons. The van der Waals surface area contributed by atoms with E-state index >= 15 is 0 Å². The number of pyridine rings is 1. The van der Waals surface area contributed by atoms with Crippen molar-refractivity contribution < 1.29 is 22.0 Å². The molecule has 0 saturated heterocycles. The van der Waals surface area contributed by atoms with Gasteiger partial charge in [-0.2, -0.15) is 13.2 Å². The van der Waals surface area contributed by atoms with Crippen molar-refractivity contribution in [2.45, 2.75) is 12.6 Å². The number of rotatable bonds is 1. The minimum Gasteiger partial charge on any atom is -0.398 e. The van der Waals surface area contributed by atoms with Crippen LogP contribution in [0.25, 0.3) is 0 Å². The van der Waals surface area contributed by atoms with Gasteiger partial charge in [-0.3, -0.25) is 0 Å². The second-order valence-corrected chi connectivity index (χ2v) is 3.67. The largest absolute Gasteiger partial charge is 0.433 e. The molecule has 1 aromatic rings. The number of aromatic nitrogens is 1. The SMILES string of the molecule is Nc1cc(C(F)(F)F)nc(C(F)F)c1I. The molecule has 0 fully saturated rings. The fraction of sp³-hybridized carbons (Fsp3) is 0.286. The molecule has 15 heavy (non-hydrogen) atoms. The van der Waals surface area contributed by atoms with E-state index in [1.54, 1.807) is 0 Å². The second-order valence-electron chi connectivity index (χ2n) is 2.59. The third-order valence-corrected chi connectivity index (χ3v) is 2.68. The van der Waals surface area contributed by atoms with Crippen LogP contribution in [0.4, 0.5) is 27.6 Å². The molecule has 84 valence electrons. The van der Waals surface area contributed by atoms with Gasteiger partial charge in [0.15, 0.2) is 0 Å². The molecule has 0 aliphatic carbocycles. The number of nitrogen functional groups attached to an aromatic ring is 1. The molecule has 1 rings (SSSR count). The van der Waals surface area contributed by atoms with Gasteiger partial charge in [-0.15, -0.1) is 0 Å². The highest BCUT2D eigenvalue weighted by molar-refractivity contribution is 14.1. The summed E-state index contributed by atoms with van der Waals surface area (Å²) in [6, 6.07) is 0.535. The Morgan fingerprint density at radius 3 is 2.27 bits per heavy atom. The normalized spacial score (nSPS) is 12.2. The summed E-state index contributed by atoms with van der Waals surface area (Å²) in [7, 11) is 0. The molecule has 1 heterocycles. The van der Waals surface area contributed by atoms with E-state index in [-0.39, 0.29) is 9.26 Å². The van der Waals surface area contributed by atoms with E-state index in [1.807, 2.05) is 0 Å². The van der Waals surface area contributed by atoms with E-state index in [0.717, 1.165) is 0 Å². The third kappa shape index (κ3) is 2.67. The Kier molecular flexibility index (Phi) is 3.36. The van der Waals surface area contributed by atoms with Crippen molar-refractivity contribution in [3.8, 4) is 0 Å². The fourth-order valence-corrected chi connectivity index (χ4v) is 1.37. The lowest BCUT2D eigenvalue weighted by Gasteiger charge is -2.11. The van der Waals surface area contributed by atoms with Crippen LogP contribution in [-0.2, 0) is 6.18 Å². The van der Waals surface area contributed by atoms with Crippen LogP contribution in [0, 0.1) is 3.57 Å². The monoisotopic (exact) mass is 338 g/mol. The average molecular weight is 338 g/mol. The Bertz CT molecular complexity index is 376. The van der Waals surface area contributed by atoms with Gasteiger partial charge >= 0.3 is 6.18 Å². The molecule has 0 aliphatic rings. The number of hydrogen-bond donors (Lipinski definition) is 1. The average Bonchev–Trinajstić information content (AvgIpc) is 2.06. The Balaban J connectivity index is 3.36. The van der Waals surface area contributed by atoms with Gasteiger partial charge in [-0.05, 0) is 28.7 Å². The number of anilines is 1. The number of halogens is 6. The van der Waals surface area contributed by atoms with E-state index in [1.165, 1.54) is 22.6 Å². The Morgan fingerprint density at radius 1 is 1.33 bits per heavy atom. The molecule has 0 unspecified atom stereocenters. The molecular weight excluding hydrogens is 334 g/mol. The zero-order valence-electron chi connectivity index (χ0n) is 6.95. The Hall–Kier alpha value is -0.670. The quantitative estimate of drug-likeness (QED) is 0.631. The summed E-state index contributed by atoms with van der Waals surface area (Å²) in [5.41, 5.74) is 2.47. The smallest absolute Gasteiger partial charge is 0.398 e. The maximum absolute atomic E-state index is 12.3. The maximum Gasteiger partial charge on any atom is 0.433 e. The van der Waals surface area contributed by atoms with Crippen molar-refractivity contribution in [2.75, 3.05) is 5.73 Å². The van der Waals surface area contributed by atoms with Crippen LogP contribution in [-0.4, -0.2) is 4.98 Å². The third-order valence-electron chi connectivity index (χ3n) is 1.51. The second kappa shape index (κ2) is 4.06. The highest BCUT2D eigenvalue weighted by Gasteiger charge is 2.34. The zero-order chi connectivity index (χ0) is 11.8. The summed E-state index contributed by atoms with van der Waals surface area (Å²) < 4.78 is 60.9. The number of hydrogen-bond acceptors (Lipinski definition) is 2. The molecule has 2 N–H and O–H groups in total. The number of nitrogens with zero attached hydrogens (tertiary/aromatic N) is 1. The summed E-state index contributed by atoms with van der Waals surface area (Å²) in [4.78, 5) is 2.84. The molecule has 2 nitrogen and oxygen atoms in total. The summed E-state index contributed by atoms with van der Waals surface area (Å²) >= 11 is 1.43. The summed E-state index contributed by atoms with van der Waals surface area (Å²) in [6.07, 6.45) is -7.86. The highest BCUT2D eigenvalue weighted by atomic mass is 127. The van der Waals surface area contributed by atoms with Crippen molar-refractivity contribution in [3.63, 3.8) is 0 Å². The molecule has 0 spiro atoms. The summed E-state index contributed by atoms with van der Waals surface area (Å²) in [6.45, 7) is 0. The van der Waals surface area contributed by atoms with E-state index < -0.39 is 24.0 Å². The molecule has 0 bridgehead atoms. The highest BCUT2D eigenvalue weighted by Crippen LogP contribution is 2.34. The standard InChI is InChI=1S/C7H4F5IN2/c8-6(9)5-4(13)2(14)1-3(15-5)7(10,11)12/h1,6H,(H2,14,15). The van der Waals surface area contributed by atoms with Crippen LogP contribution in [0.5, 0.6) is 0 Å². The van der Waals surface area contributed by atoms with Crippen LogP contribution in [0.15, 0.2) is 6.07 Å². The lowest BCUT2D eigenvalue weighted by molar-refractivity contribution is -0.141. The molecule has 0 atom stereocenters. The Morgan fingerprint density at radius 2 is 1.87 bits per heavy atom. The van der Waals surface area contributed by atoms with Crippen LogP contribution >= 0.6 is 22.6 Å². The van der Waals surface area contributed by atoms with Crippen LogP contribution < -0.4 is 5.73 Å². The molecule has 8 heteroatoms. The first-order chi connectivity index (χ1) is 6.73. The van der Waals surface area contributed by atoms with Gasteiger partial charge in [-0.1, -0.05) is 0 Å².